The zero-order valence-electron chi connectivity index (χ0n) is 97.7. The van der Waals surface area contributed by atoms with E-state index in [1.165, 1.54) is 223 Å². The molecule has 3 aliphatic carbocycles. The van der Waals surface area contributed by atoms with Crippen LogP contribution in [0.25, 0.3) is 21.5 Å². The summed E-state index contributed by atoms with van der Waals surface area (Å²) in [6.07, 6.45) is 37.6. The molecule has 20 rings (SSSR count). The van der Waals surface area contributed by atoms with Gasteiger partial charge in [-0.1, -0.05) is 106 Å². The summed E-state index contributed by atoms with van der Waals surface area (Å²) in [4.78, 5) is 8.31. The van der Waals surface area contributed by atoms with Crippen molar-refractivity contribution in [2.24, 2.45) is 41.4 Å². The van der Waals surface area contributed by atoms with E-state index in [-0.39, 0.29) is 0 Å². The van der Waals surface area contributed by atoms with Crippen molar-refractivity contribution in [1.29, 1.82) is 0 Å². The quantitative estimate of drug-likeness (QED) is 0.0634. The Kier molecular flexibility index (Phi) is 38.9. The Morgan fingerprint density at radius 2 is 0.899 bits per heavy atom. The Labute approximate surface area is 851 Å². The molecule has 0 N–H and O–H groups in total. The Morgan fingerprint density at radius 1 is 0.377 bits per heavy atom. The van der Waals surface area contributed by atoms with Crippen LogP contribution >= 0.6 is 0 Å². The van der Waals surface area contributed by atoms with E-state index in [4.69, 9.17) is 0 Å². The molecule has 2 saturated carbocycles. The third-order valence-electron chi connectivity index (χ3n) is 39.7. The van der Waals surface area contributed by atoms with Crippen molar-refractivity contribution in [3.05, 3.63) is 132 Å². The molecule has 10 bridgehead atoms. The molecule has 10 atom stereocenters. The SMILES string of the molecule is CC(C)C1CC2CC1C[N+]2(C)C(C)C.CC(C)C1CC2C[N+](C)(C(C)C)CC2C1.CC(C)N1C2CC3CC1CC(C2)[N+]3(C)C(C)C.CC(C)N1C2CCC1C1CCC2[N+]1(C)C(C)C.CC(C)N1CCCc2n1cc[n+]2C(C)C.CC(C)N1CC[N+](C)(C(C)C)CC1.CC(C)c1c[n+](C(C)C)cc2ccccc12.CC(C)c1cc2ccccc2c[n+]1C(C)C.CC(C)c1cc[n+](C(C)C)c2c1CCC2. The van der Waals surface area contributed by atoms with Crippen LogP contribution in [0.4, 0.5) is 0 Å². The average molecular weight is 1910 g/mol. The predicted octanol–water partition coefficient (Wildman–Crippen LogP) is 25.4. The van der Waals surface area contributed by atoms with Gasteiger partial charge in [0.1, 0.15) is 18.3 Å². The lowest BCUT2D eigenvalue weighted by atomic mass is 9.70. The molecule has 14 heteroatoms. The minimum atomic E-state index is 0.516. The van der Waals surface area contributed by atoms with Crippen molar-refractivity contribution in [1.82, 2.24) is 19.4 Å². The number of piperazine rings is 2. The highest BCUT2D eigenvalue weighted by Crippen LogP contribution is 2.54. The van der Waals surface area contributed by atoms with Gasteiger partial charge in [-0.25, -0.2) is 18.7 Å². The Morgan fingerprint density at radius 3 is 1.34 bits per heavy atom. The monoisotopic (exact) mass is 1910 g/mol. The van der Waals surface area contributed by atoms with Crippen LogP contribution in [0.3, 0.4) is 0 Å². The number of hydrogen-bond donors (Lipinski definition) is 0. The summed E-state index contributed by atoms with van der Waals surface area (Å²) in [6, 6.07) is 39.1. The first-order valence-electron chi connectivity index (χ1n) is 58.0. The van der Waals surface area contributed by atoms with Gasteiger partial charge in [0, 0.05) is 159 Å². The van der Waals surface area contributed by atoms with Crippen LogP contribution in [0.5, 0.6) is 0 Å². The summed E-state index contributed by atoms with van der Waals surface area (Å²) < 4.78 is 18.6. The lowest BCUT2D eigenvalue weighted by Gasteiger charge is -2.66. The van der Waals surface area contributed by atoms with Gasteiger partial charge >= 0.3 is 0 Å². The standard InChI is InChI=1S/2C15H29N2.2C15H20N.C14H28N.C14H22N.C13H26N.C12H22N3.C11H25N2/c1-10(2)16-12-6-14-8-13(16)9-15(7-12)17(14,5)11(3)4;1-10(2)16-12-6-7-13(16)15-9-8-14(12)17(15,5)11(3)4;1-11(2)15-10-16(12(3)4)9-13-7-5-6-8-14(13)15;1-11(2)15-9-13-7-5-6-8-14(13)10-16(15)12(3)4;1-10(2)12-6-13-8-15(5,11(3)4)9-14(13)7-12;1-10(2)12-8-9-15(11(3)4)14-7-5-6-13(12)14;1-9(2)13-7-12-6-11(13)8-14(12,5)10(3)4;1-10(2)13-8-9-15-12(13)6-5-7-14(15)11(3)4;1-10(2)12-6-8-13(5,9-7-12)11(3)4/h2*10-15H,6-9H2,1-5H3;2*5-12H,1-4H3;10-14H,6-9H2,1-5H3;8-11H,5-7H2,1-4H3;9-13H,6-8H2,1-5H3;8-11H,5-7H2,1-4H3;10-11H,6-9H2,1-5H3/q9*+1. The number of likely N-dealkylation sites (N-methyl/N-ethyl adjacent to an activating group) is 2. The minimum Gasteiger partial charge on any atom is -0.324 e. The Bertz CT molecular complexity index is 4620. The summed E-state index contributed by atoms with van der Waals surface area (Å²) in [5.74, 6) is 10.2. The molecule has 0 spiro atoms. The first-order chi connectivity index (χ1) is 64.6. The molecule has 778 valence electrons. The first-order valence-corrected chi connectivity index (χ1v) is 58.0. The van der Waals surface area contributed by atoms with E-state index in [1.54, 1.807) is 16.8 Å². The molecule has 0 radical (unpaired) electrons. The maximum atomic E-state index is 2.88. The highest BCUT2D eigenvalue weighted by atomic mass is 15.6. The van der Waals surface area contributed by atoms with Crippen LogP contribution in [0.1, 0.15) is 415 Å². The van der Waals surface area contributed by atoms with Gasteiger partial charge in [0.2, 0.25) is 0 Å². The summed E-state index contributed by atoms with van der Waals surface area (Å²) in [6.45, 7) is 94.6. The predicted molar refractivity (Wildman–Crippen MR) is 590 cm³/mol. The number of imidazole rings is 1. The Balaban J connectivity index is 0.000000149. The van der Waals surface area contributed by atoms with Crippen molar-refractivity contribution in [2.75, 3.05) is 92.6 Å². The summed E-state index contributed by atoms with van der Waals surface area (Å²) in [7, 11) is 12.4. The third kappa shape index (κ3) is 24.6. The second kappa shape index (κ2) is 47.3. The van der Waals surface area contributed by atoms with Gasteiger partial charge in [-0.2, -0.15) is 4.57 Å². The number of benzene rings is 2. The number of quaternary nitrogens is 5. The third-order valence-corrected chi connectivity index (χ3v) is 39.7. The van der Waals surface area contributed by atoms with E-state index in [9.17, 15) is 0 Å². The van der Waals surface area contributed by atoms with Crippen LogP contribution < -0.4 is 23.3 Å². The molecular formula is C124H221N14+9. The van der Waals surface area contributed by atoms with E-state index in [0.29, 0.717) is 48.0 Å². The number of aromatic nitrogens is 5. The normalized spacial score (nSPS) is 30.3. The van der Waals surface area contributed by atoms with E-state index in [2.05, 4.69) is 425 Å². The summed E-state index contributed by atoms with van der Waals surface area (Å²) in [5.41, 5.74) is 7.65. The molecule has 15 heterocycles. The van der Waals surface area contributed by atoms with Crippen LogP contribution in [0.15, 0.2) is 97.8 Å². The van der Waals surface area contributed by atoms with E-state index >= 15 is 0 Å². The number of piperidine rings is 5. The molecule has 4 aromatic heterocycles. The molecule has 138 heavy (non-hydrogen) atoms. The highest BCUT2D eigenvalue weighted by Gasteiger charge is 2.65. The second-order valence-electron chi connectivity index (χ2n) is 53.3. The van der Waals surface area contributed by atoms with Gasteiger partial charge in [-0.15, -0.1) is 4.68 Å². The van der Waals surface area contributed by atoms with Crippen molar-refractivity contribution < 1.29 is 40.7 Å². The second-order valence-corrected chi connectivity index (χ2v) is 53.3. The molecule has 11 aliphatic heterocycles. The Hall–Kier alpha value is -4.90. The molecule has 10 unspecified atom stereocenters. The van der Waals surface area contributed by atoms with Gasteiger partial charge in [-0.05, 0) is 289 Å². The van der Waals surface area contributed by atoms with Crippen molar-refractivity contribution in [3.8, 4) is 0 Å². The molecule has 14 aliphatic rings. The van der Waals surface area contributed by atoms with Crippen molar-refractivity contribution in [2.45, 2.75) is 509 Å². The fourth-order valence-corrected chi connectivity index (χ4v) is 29.8. The number of rotatable bonds is 18. The highest BCUT2D eigenvalue weighted by molar-refractivity contribution is 5.84. The molecule has 12 fully saturated rings. The lowest BCUT2D eigenvalue weighted by Crippen LogP contribution is -2.77. The zero-order chi connectivity index (χ0) is 102. The average Bonchev–Trinajstić information content (AvgIpc) is 1.44. The van der Waals surface area contributed by atoms with Crippen molar-refractivity contribution >= 4 is 21.5 Å². The molecule has 2 aromatic carbocycles. The van der Waals surface area contributed by atoms with E-state index < -0.39 is 0 Å². The van der Waals surface area contributed by atoms with Crippen LogP contribution in [-0.4, -0.2) is 238 Å². The number of hydrogen-bond acceptors (Lipinski definition) is 4. The maximum absolute atomic E-state index is 2.88. The maximum Gasteiger partial charge on any atom is 0.280 e. The number of fused-ring (bicyclic) bond motifs is 13. The molecule has 6 aromatic rings. The fourth-order valence-electron chi connectivity index (χ4n) is 29.8. The van der Waals surface area contributed by atoms with Crippen LogP contribution in [-0.2, 0) is 19.3 Å². The summed E-state index contributed by atoms with van der Waals surface area (Å²) in [5, 5.41) is 7.82. The fraction of sp³-hybridized carbons (Fsp3) is 0.790. The number of pyridine rings is 3. The van der Waals surface area contributed by atoms with Gasteiger partial charge in [0.05, 0.1) is 153 Å². The van der Waals surface area contributed by atoms with Crippen molar-refractivity contribution in [3.63, 3.8) is 0 Å². The van der Waals surface area contributed by atoms with Gasteiger partial charge < -0.3 is 22.4 Å². The molecule has 14 nitrogen and oxygen atoms in total. The van der Waals surface area contributed by atoms with E-state index in [0.717, 1.165) is 144 Å². The number of nitrogens with zero attached hydrogens (tertiary/aromatic N) is 14. The van der Waals surface area contributed by atoms with Crippen LogP contribution in [0, 0.1) is 41.4 Å². The largest absolute Gasteiger partial charge is 0.324 e. The minimum absolute atomic E-state index is 0.516. The van der Waals surface area contributed by atoms with Gasteiger partial charge in [0.15, 0.2) is 60.5 Å². The van der Waals surface area contributed by atoms with E-state index in [1.807, 2.05) is 0 Å². The zero-order valence-corrected chi connectivity index (χ0v) is 97.7. The smallest absolute Gasteiger partial charge is 0.280 e. The molecular weight excluding hydrogens is 1690 g/mol. The first kappa shape index (κ1) is 113. The van der Waals surface area contributed by atoms with Gasteiger partial charge in [0.25, 0.3) is 5.82 Å². The topological polar surface area (TPSA) is 33.4 Å². The lowest BCUT2D eigenvalue weighted by molar-refractivity contribution is -0.988. The van der Waals surface area contributed by atoms with Crippen LogP contribution in [0.2, 0.25) is 0 Å². The molecule has 10 saturated heterocycles. The number of likely N-dealkylation sites (tertiary alicyclic amines) is 2. The van der Waals surface area contributed by atoms with Gasteiger partial charge in [-0.3, -0.25) is 14.7 Å². The molecule has 0 amide bonds. The summed E-state index contributed by atoms with van der Waals surface area (Å²) >= 11 is 0.